The average Bonchev–Trinajstić information content (AvgIpc) is 0.811. The molecule has 2 nitrogen and oxygen atoms in total. The molecule has 0 saturated heterocycles. The fourth-order valence-electron chi connectivity index (χ4n) is 0. The summed E-state index contributed by atoms with van der Waals surface area (Å²) in [5.41, 5.74) is 0. The number of hydrogen-bond donors (Lipinski definition) is 1. The standard InChI is InChI=1S/C2H5NO/c1-3(2)4/h1,4H,2H3/q+1. The van der Waals surface area contributed by atoms with E-state index in [2.05, 4.69) is 6.72 Å². The van der Waals surface area contributed by atoms with Crippen molar-refractivity contribution in [1.29, 1.82) is 0 Å². The predicted molar refractivity (Wildman–Crippen MR) is 14.0 cm³/mol. The van der Waals surface area contributed by atoms with Crippen molar-refractivity contribution >= 4 is 6.72 Å². The third kappa shape index (κ3) is 1.16. The maximum absolute atomic E-state index is 7.67. The monoisotopic (exact) mass is 59.0 g/mol. The third-order valence-corrected chi connectivity index (χ3v) is 0. The van der Waals surface area contributed by atoms with Gasteiger partial charge in [0.2, 0.25) is 0 Å². The van der Waals surface area contributed by atoms with Crippen molar-refractivity contribution in [3.8, 4) is 0 Å². The van der Waals surface area contributed by atoms with Gasteiger partial charge in [-0.05, 0) is 4.74 Å². The molecule has 0 amide bonds. The van der Waals surface area contributed by atoms with Crippen LogP contribution in [0.25, 0.3) is 0 Å². The summed E-state index contributed by atoms with van der Waals surface area (Å²) in [5.74, 6) is 0. The van der Waals surface area contributed by atoms with Crippen molar-refractivity contribution in [2.24, 2.45) is 0 Å². The second-order valence-corrected chi connectivity index (χ2v) is 0.574. The fourth-order valence-corrected chi connectivity index (χ4v) is 0. The maximum Gasteiger partial charge on any atom is 0.282 e. The Morgan fingerprint density at radius 3 is 2.00 bits per heavy atom. The summed E-state index contributed by atoms with van der Waals surface area (Å²) < 4.78 is 0.500. The van der Waals surface area contributed by atoms with Crippen molar-refractivity contribution in [3.63, 3.8) is 0 Å². The minimum Gasteiger partial charge on any atom is -0.291 e. The Hall–Kier alpha value is -0.530. The van der Waals surface area contributed by atoms with E-state index in [1.807, 2.05) is 0 Å². The third-order valence-electron chi connectivity index (χ3n) is 0. The molecule has 4 heavy (non-hydrogen) atoms. The van der Waals surface area contributed by atoms with Crippen molar-refractivity contribution < 1.29 is 9.95 Å². The number of nitrogens with zero attached hydrogens (tertiary/aromatic N) is 1. The van der Waals surface area contributed by atoms with Gasteiger partial charge in [0.25, 0.3) is 6.72 Å². The van der Waals surface area contributed by atoms with Gasteiger partial charge in [-0.1, -0.05) is 0 Å². The summed E-state index contributed by atoms with van der Waals surface area (Å²) in [6.07, 6.45) is 0. The molecule has 0 unspecified atom stereocenters. The Kier molecular flexibility index (Phi) is 0.759. The molecule has 0 aliphatic heterocycles. The highest BCUT2D eigenvalue weighted by Crippen LogP contribution is 1.29. The van der Waals surface area contributed by atoms with Gasteiger partial charge in [-0.15, -0.1) is 0 Å². The lowest BCUT2D eigenvalue weighted by Gasteiger charge is -1.61. The smallest absolute Gasteiger partial charge is 0.282 e. The highest BCUT2D eigenvalue weighted by atomic mass is 16.5. The lowest BCUT2D eigenvalue weighted by Crippen LogP contribution is -1.88. The van der Waals surface area contributed by atoms with E-state index < -0.39 is 0 Å². The highest BCUT2D eigenvalue weighted by Gasteiger charge is 1.60. The number of hydroxylamine groups is 1. The van der Waals surface area contributed by atoms with Crippen molar-refractivity contribution in [3.05, 3.63) is 0 Å². The second-order valence-electron chi connectivity index (χ2n) is 0.574. The molecular formula is C2H5NO+. The second kappa shape index (κ2) is 0.875. The lowest BCUT2D eigenvalue weighted by atomic mass is 11.4. The van der Waals surface area contributed by atoms with E-state index in [-0.39, 0.29) is 0 Å². The molecule has 0 aliphatic carbocycles. The molecule has 0 heterocycles. The van der Waals surface area contributed by atoms with Crippen molar-refractivity contribution in [1.82, 2.24) is 0 Å². The molecule has 1 N–H and O–H groups in total. The average molecular weight is 59.1 g/mol. The van der Waals surface area contributed by atoms with Gasteiger partial charge in [-0.3, -0.25) is 5.21 Å². The van der Waals surface area contributed by atoms with Gasteiger partial charge >= 0.3 is 0 Å². The summed E-state index contributed by atoms with van der Waals surface area (Å²) in [4.78, 5) is 0. The van der Waals surface area contributed by atoms with E-state index in [4.69, 9.17) is 5.21 Å². The highest BCUT2D eigenvalue weighted by molar-refractivity contribution is 5.13. The first-order valence-corrected chi connectivity index (χ1v) is 0.905. The van der Waals surface area contributed by atoms with Crippen LogP contribution in [-0.2, 0) is 0 Å². The SMILES string of the molecule is [CH]=[N+](C)O. The largest absolute Gasteiger partial charge is 0.291 e. The van der Waals surface area contributed by atoms with Crippen molar-refractivity contribution in [2.45, 2.75) is 0 Å². The van der Waals surface area contributed by atoms with Crippen LogP contribution in [-0.4, -0.2) is 23.7 Å². The normalized spacial score (nSPS) is 6.25. The molecule has 0 spiro atoms. The molecule has 23 valence electrons. The Labute approximate surface area is 25.0 Å². The van der Waals surface area contributed by atoms with Gasteiger partial charge < -0.3 is 0 Å². The quantitative estimate of drug-likeness (QED) is 0.174. The Morgan fingerprint density at radius 1 is 2.00 bits per heavy atom. The van der Waals surface area contributed by atoms with Gasteiger partial charge in [-0.2, -0.15) is 0 Å². The summed E-state index contributed by atoms with van der Waals surface area (Å²) in [6.45, 7) is 4.50. The van der Waals surface area contributed by atoms with Crippen LogP contribution in [0.15, 0.2) is 0 Å². The summed E-state index contributed by atoms with van der Waals surface area (Å²) in [5, 5.41) is 7.67. The first kappa shape index (κ1) is 3.47. The molecule has 0 rings (SSSR count). The number of hydrogen-bond acceptors (Lipinski definition) is 1. The minimum atomic E-state index is 0.500. The van der Waals surface area contributed by atoms with E-state index in [0.29, 0.717) is 4.74 Å². The summed E-state index contributed by atoms with van der Waals surface area (Å²) in [6, 6.07) is 0. The molecule has 0 aromatic heterocycles. The molecule has 0 aromatic rings. The van der Waals surface area contributed by atoms with E-state index >= 15 is 0 Å². The van der Waals surface area contributed by atoms with Crippen LogP contribution in [0, 0.1) is 0 Å². The molecule has 0 aromatic carbocycles. The van der Waals surface area contributed by atoms with Crippen LogP contribution >= 0.6 is 0 Å². The van der Waals surface area contributed by atoms with Gasteiger partial charge in [-0.25, -0.2) is 0 Å². The van der Waals surface area contributed by atoms with E-state index in [1.54, 1.807) is 0 Å². The molecule has 0 fully saturated rings. The fraction of sp³-hybridized carbons (Fsp3) is 0.500. The van der Waals surface area contributed by atoms with Crippen LogP contribution < -0.4 is 0 Å². The zero-order chi connectivity index (χ0) is 3.58. The van der Waals surface area contributed by atoms with Gasteiger partial charge in [0.1, 0.15) is 0 Å². The maximum atomic E-state index is 7.67. The number of rotatable bonds is 0. The van der Waals surface area contributed by atoms with Gasteiger partial charge in [0.05, 0.1) is 0 Å². The zero-order valence-corrected chi connectivity index (χ0v) is 2.47. The first-order valence-electron chi connectivity index (χ1n) is 0.905. The van der Waals surface area contributed by atoms with E-state index in [1.165, 1.54) is 7.05 Å². The van der Waals surface area contributed by atoms with Crippen LogP contribution in [0.1, 0.15) is 0 Å². The Bertz CT molecular complexity index is 29.0. The first-order chi connectivity index (χ1) is 1.73. The van der Waals surface area contributed by atoms with Crippen LogP contribution in [0.5, 0.6) is 0 Å². The van der Waals surface area contributed by atoms with Crippen molar-refractivity contribution in [2.75, 3.05) is 7.05 Å². The van der Waals surface area contributed by atoms with Crippen LogP contribution in [0.3, 0.4) is 0 Å². The summed E-state index contributed by atoms with van der Waals surface area (Å²) in [7, 11) is 1.33. The molecule has 0 bridgehead atoms. The zero-order valence-electron chi connectivity index (χ0n) is 2.47. The molecule has 2 heteroatoms. The molecule has 1 radical (unpaired) electrons. The lowest BCUT2D eigenvalue weighted by molar-refractivity contribution is -0.748. The molecule has 0 atom stereocenters. The van der Waals surface area contributed by atoms with E-state index in [0.717, 1.165) is 0 Å². The minimum absolute atomic E-state index is 0.500. The van der Waals surface area contributed by atoms with E-state index in [9.17, 15) is 0 Å². The molecular weight excluding hydrogens is 54.0 g/mol. The van der Waals surface area contributed by atoms with Crippen LogP contribution in [0.2, 0.25) is 0 Å². The van der Waals surface area contributed by atoms with Gasteiger partial charge in [0.15, 0.2) is 7.05 Å². The molecule has 0 aliphatic rings. The topological polar surface area (TPSA) is 23.2 Å². The van der Waals surface area contributed by atoms with Gasteiger partial charge in [0, 0.05) is 0 Å². The molecule has 0 saturated carbocycles. The summed E-state index contributed by atoms with van der Waals surface area (Å²) >= 11 is 0. The van der Waals surface area contributed by atoms with Crippen LogP contribution in [0.4, 0.5) is 0 Å². The Balaban J connectivity index is 2.80. The Morgan fingerprint density at radius 2 is 2.00 bits per heavy atom. The predicted octanol–water partition coefficient (Wildman–Crippen LogP) is -0.405.